The van der Waals surface area contributed by atoms with Gasteiger partial charge >= 0.3 is 0 Å². The molecule has 1 aromatic heterocycles. The molecule has 0 unspecified atom stereocenters. The number of rotatable bonds is 9. The molecule has 160 valence electrons. The number of carbonyl (C=O) groups excluding carboxylic acids is 1. The lowest BCUT2D eigenvalue weighted by atomic mass is 10.1. The Morgan fingerprint density at radius 3 is 2.93 bits per heavy atom. The van der Waals surface area contributed by atoms with E-state index < -0.39 is 5.91 Å². The Labute approximate surface area is 175 Å². The fourth-order valence-corrected chi connectivity index (χ4v) is 3.40. The van der Waals surface area contributed by atoms with Crippen molar-refractivity contribution in [1.29, 1.82) is 0 Å². The molecule has 1 aromatic carbocycles. The quantitative estimate of drug-likeness (QED) is 0.463. The molecule has 1 atom stereocenters. The monoisotopic (exact) mass is 412 g/mol. The van der Waals surface area contributed by atoms with Crippen LogP contribution < -0.4 is 21.7 Å². The second-order valence-corrected chi connectivity index (χ2v) is 7.64. The number of nitrogens with one attached hydrogen (secondary N) is 3. The zero-order valence-corrected chi connectivity index (χ0v) is 17.1. The van der Waals surface area contributed by atoms with Gasteiger partial charge in [-0.15, -0.1) is 0 Å². The molecule has 2 aromatic rings. The van der Waals surface area contributed by atoms with Crippen molar-refractivity contribution in [3.05, 3.63) is 35.5 Å². The molecule has 0 spiro atoms. The van der Waals surface area contributed by atoms with Gasteiger partial charge in [0.15, 0.2) is 0 Å². The number of benzene rings is 1. The molecule has 1 aliphatic carbocycles. The van der Waals surface area contributed by atoms with E-state index in [0.29, 0.717) is 36.6 Å². The summed E-state index contributed by atoms with van der Waals surface area (Å²) in [6.45, 7) is 1.95. The van der Waals surface area contributed by atoms with Crippen molar-refractivity contribution in [3.63, 3.8) is 0 Å². The van der Waals surface area contributed by atoms with Crippen molar-refractivity contribution in [2.24, 2.45) is 5.73 Å². The molecule has 1 saturated carbocycles. The highest BCUT2D eigenvalue weighted by Crippen LogP contribution is 2.29. The Morgan fingerprint density at radius 1 is 1.30 bits per heavy atom. The van der Waals surface area contributed by atoms with E-state index >= 15 is 0 Å². The Hall–Kier alpha value is -2.91. The fourth-order valence-electron chi connectivity index (χ4n) is 3.40. The number of primary amides is 1. The van der Waals surface area contributed by atoms with Crippen molar-refractivity contribution in [2.75, 3.05) is 42.8 Å². The van der Waals surface area contributed by atoms with Crippen molar-refractivity contribution in [1.82, 2.24) is 9.97 Å². The zero-order valence-electron chi connectivity index (χ0n) is 17.1. The topological polar surface area (TPSA) is 123 Å². The van der Waals surface area contributed by atoms with Gasteiger partial charge in [0.2, 0.25) is 5.95 Å². The van der Waals surface area contributed by atoms with Crippen LogP contribution in [0.5, 0.6) is 0 Å². The van der Waals surface area contributed by atoms with Gasteiger partial charge in [-0.05, 0) is 43.4 Å². The minimum atomic E-state index is -0.541. The summed E-state index contributed by atoms with van der Waals surface area (Å²) in [6.07, 6.45) is 5.66. The van der Waals surface area contributed by atoms with Gasteiger partial charge in [0.05, 0.1) is 24.9 Å². The molecule has 30 heavy (non-hydrogen) atoms. The Morgan fingerprint density at radius 2 is 2.17 bits per heavy atom. The van der Waals surface area contributed by atoms with Gasteiger partial charge in [0.1, 0.15) is 5.82 Å². The van der Waals surface area contributed by atoms with E-state index in [1.165, 1.54) is 11.8 Å². The molecule has 2 heterocycles. The zero-order chi connectivity index (χ0) is 20.9. The number of aryl methyl sites for hydroxylation is 1. The molecule has 1 aliphatic heterocycles. The average molecular weight is 412 g/mol. The van der Waals surface area contributed by atoms with Gasteiger partial charge < -0.3 is 31.2 Å². The highest BCUT2D eigenvalue weighted by atomic mass is 16.5. The number of amides is 1. The first-order chi connectivity index (χ1) is 14.6. The predicted octanol–water partition coefficient (Wildman–Crippen LogP) is 2.28. The third-order valence-corrected chi connectivity index (χ3v) is 5.24. The highest BCUT2D eigenvalue weighted by molar-refractivity contribution is 5.97. The number of hydrogen-bond acceptors (Lipinski definition) is 8. The maximum absolute atomic E-state index is 11.7. The molecule has 0 radical (unpaired) electrons. The predicted molar refractivity (Wildman–Crippen MR) is 115 cm³/mol. The third-order valence-electron chi connectivity index (χ3n) is 5.24. The minimum Gasteiger partial charge on any atom is -0.382 e. The SMILES string of the molecule is COCCO[C@H]1CCc2ccc(Nc3ncc(C(N)=O)c(NC4CC4)n3)cc2NC1. The van der Waals surface area contributed by atoms with Gasteiger partial charge in [-0.2, -0.15) is 4.98 Å². The van der Waals surface area contributed by atoms with E-state index in [0.717, 1.165) is 43.6 Å². The summed E-state index contributed by atoms with van der Waals surface area (Å²) in [4.78, 5) is 20.4. The smallest absolute Gasteiger partial charge is 0.254 e. The van der Waals surface area contributed by atoms with Crippen LogP contribution in [0, 0.1) is 0 Å². The molecule has 1 fully saturated rings. The first-order valence-corrected chi connectivity index (χ1v) is 10.3. The van der Waals surface area contributed by atoms with E-state index in [4.69, 9.17) is 15.2 Å². The third kappa shape index (κ3) is 5.17. The van der Waals surface area contributed by atoms with Crippen LogP contribution in [-0.2, 0) is 15.9 Å². The first-order valence-electron chi connectivity index (χ1n) is 10.3. The number of anilines is 4. The number of hydrogen-bond donors (Lipinski definition) is 4. The molecule has 1 amide bonds. The van der Waals surface area contributed by atoms with Crippen LogP contribution in [-0.4, -0.2) is 54.9 Å². The maximum atomic E-state index is 11.7. The maximum Gasteiger partial charge on any atom is 0.254 e. The van der Waals surface area contributed by atoms with Crippen LogP contribution in [0.25, 0.3) is 0 Å². The summed E-state index contributed by atoms with van der Waals surface area (Å²) < 4.78 is 10.9. The Balaban J connectivity index is 1.44. The first kappa shape index (κ1) is 20.4. The van der Waals surface area contributed by atoms with E-state index in [1.807, 2.05) is 12.1 Å². The summed E-state index contributed by atoms with van der Waals surface area (Å²) in [6, 6.07) is 6.50. The molecule has 2 aliphatic rings. The highest BCUT2D eigenvalue weighted by Gasteiger charge is 2.24. The lowest BCUT2D eigenvalue weighted by molar-refractivity contribution is 0.0206. The van der Waals surface area contributed by atoms with E-state index in [1.54, 1.807) is 7.11 Å². The lowest BCUT2D eigenvalue weighted by Gasteiger charge is -2.15. The van der Waals surface area contributed by atoms with Crippen LogP contribution in [0.1, 0.15) is 35.2 Å². The molecule has 9 nitrogen and oxygen atoms in total. The van der Waals surface area contributed by atoms with E-state index in [9.17, 15) is 4.79 Å². The Bertz CT molecular complexity index is 902. The van der Waals surface area contributed by atoms with Gasteiger partial charge in [-0.25, -0.2) is 4.98 Å². The van der Waals surface area contributed by atoms with Crippen molar-refractivity contribution in [3.8, 4) is 0 Å². The standard InChI is InChI=1S/C21H28N6O3/c1-29-8-9-30-16-7-3-13-2-4-15(10-18(13)23-11-16)26-21-24-12-17(19(22)28)20(27-21)25-14-5-6-14/h2,4,10,12,14,16,23H,3,5-9,11H2,1H3,(H2,22,28)(H2,24,25,26,27)/t16-/m0/s1. The molecule has 9 heteroatoms. The number of ether oxygens (including phenoxy) is 2. The number of carbonyl (C=O) groups is 1. The fraction of sp³-hybridized carbons (Fsp3) is 0.476. The van der Waals surface area contributed by atoms with E-state index in [2.05, 4.69) is 32.0 Å². The average Bonchev–Trinajstić information content (AvgIpc) is 3.56. The summed E-state index contributed by atoms with van der Waals surface area (Å²) in [5.74, 6) is 0.352. The molecule has 5 N–H and O–H groups in total. The molecule has 0 saturated heterocycles. The number of methoxy groups -OCH3 is 1. The summed E-state index contributed by atoms with van der Waals surface area (Å²) >= 11 is 0. The summed E-state index contributed by atoms with van der Waals surface area (Å²) in [7, 11) is 1.68. The van der Waals surface area contributed by atoms with Gasteiger partial charge in [0.25, 0.3) is 5.91 Å². The van der Waals surface area contributed by atoms with Crippen LogP contribution >= 0.6 is 0 Å². The second kappa shape index (κ2) is 9.27. The number of nitrogens with two attached hydrogens (primary N) is 1. The molecular formula is C21H28N6O3. The lowest BCUT2D eigenvalue weighted by Crippen LogP contribution is -2.23. The van der Waals surface area contributed by atoms with Crippen LogP contribution in [0.15, 0.2) is 24.4 Å². The van der Waals surface area contributed by atoms with Crippen molar-refractivity contribution < 1.29 is 14.3 Å². The number of fused-ring (bicyclic) bond motifs is 1. The summed E-state index contributed by atoms with van der Waals surface area (Å²) in [5, 5.41) is 9.95. The van der Waals surface area contributed by atoms with Crippen LogP contribution in [0.4, 0.5) is 23.1 Å². The number of nitrogens with zero attached hydrogens (tertiary/aromatic N) is 2. The Kier molecular flexibility index (Phi) is 6.29. The van der Waals surface area contributed by atoms with Gasteiger partial charge in [-0.3, -0.25) is 4.79 Å². The molecular weight excluding hydrogens is 384 g/mol. The van der Waals surface area contributed by atoms with Gasteiger partial charge in [0, 0.05) is 37.3 Å². The largest absolute Gasteiger partial charge is 0.382 e. The minimum absolute atomic E-state index is 0.157. The van der Waals surface area contributed by atoms with Crippen LogP contribution in [0.3, 0.4) is 0 Å². The van der Waals surface area contributed by atoms with Crippen LogP contribution in [0.2, 0.25) is 0 Å². The normalized spacial score (nSPS) is 18.1. The van der Waals surface area contributed by atoms with E-state index in [-0.39, 0.29) is 6.10 Å². The van der Waals surface area contributed by atoms with Gasteiger partial charge in [-0.1, -0.05) is 6.07 Å². The van der Waals surface area contributed by atoms with Crippen molar-refractivity contribution in [2.45, 2.75) is 37.8 Å². The molecule has 4 rings (SSSR count). The molecule has 0 bridgehead atoms. The van der Waals surface area contributed by atoms with Crippen molar-refractivity contribution >= 4 is 29.0 Å². The number of aromatic nitrogens is 2. The second-order valence-electron chi connectivity index (χ2n) is 7.64. The summed E-state index contributed by atoms with van der Waals surface area (Å²) in [5.41, 5.74) is 8.94.